The van der Waals surface area contributed by atoms with Gasteiger partial charge in [-0.15, -0.1) is 0 Å². The molecule has 4 N–H and O–H groups in total. The second kappa shape index (κ2) is 16.8. The predicted octanol–water partition coefficient (Wildman–Crippen LogP) is 2.87. The number of nitrogens with zero attached hydrogens (tertiary/aromatic N) is 3. The van der Waals surface area contributed by atoms with E-state index in [0.29, 0.717) is 76.2 Å². The summed E-state index contributed by atoms with van der Waals surface area (Å²) in [7, 11) is -5.42. The van der Waals surface area contributed by atoms with Gasteiger partial charge < -0.3 is 26.6 Å². The monoisotopic (exact) mass is 521 g/mol. The van der Waals surface area contributed by atoms with E-state index in [-0.39, 0.29) is 0 Å². The molecule has 1 rings (SSSR count). The summed E-state index contributed by atoms with van der Waals surface area (Å²) in [4.78, 5) is 9.15. The normalized spacial score (nSPS) is 17.2. The average molecular weight is 522 g/mol. The Morgan fingerprint density at radius 3 is 1.47 bits per heavy atom. The van der Waals surface area contributed by atoms with Crippen molar-refractivity contribution in [2.45, 2.75) is 85.6 Å². The molecule has 0 bridgehead atoms. The summed E-state index contributed by atoms with van der Waals surface area (Å²) in [5.41, 5.74) is 6.16. The van der Waals surface area contributed by atoms with E-state index in [1.54, 1.807) is 0 Å². The Balaban J connectivity index is 2.78. The van der Waals surface area contributed by atoms with E-state index in [9.17, 15) is 0 Å². The molecule has 0 saturated heterocycles. The Bertz CT molecular complexity index is 594. The van der Waals surface area contributed by atoms with Crippen molar-refractivity contribution >= 4 is 29.3 Å². The number of hydrogen-bond acceptors (Lipinski definition) is 11. The topological polar surface area (TPSA) is 135 Å². The van der Waals surface area contributed by atoms with Gasteiger partial charge in [-0.3, -0.25) is 10.7 Å². The van der Waals surface area contributed by atoms with Crippen LogP contribution in [0.2, 0.25) is 12.1 Å². The fourth-order valence-corrected chi connectivity index (χ4v) is 9.06. The summed E-state index contributed by atoms with van der Waals surface area (Å²) in [5.74, 6) is 7.54. The maximum Gasteiger partial charge on any atom is 0.500 e. The molecule has 0 saturated carbocycles. The van der Waals surface area contributed by atoms with Crippen LogP contribution >= 0.6 is 0 Å². The highest BCUT2D eigenvalue weighted by Crippen LogP contribution is 2.22. The van der Waals surface area contributed by atoms with Gasteiger partial charge in [-0.05, 0) is 54.4 Å². The van der Waals surface area contributed by atoms with Gasteiger partial charge in [0, 0.05) is 64.6 Å². The Hall–Kier alpha value is -0.746. The molecule has 0 fully saturated rings. The molecule has 0 spiro atoms. The summed E-state index contributed by atoms with van der Waals surface area (Å²) in [6.45, 7) is 15.0. The van der Waals surface area contributed by atoms with Crippen LogP contribution in [0.25, 0.3) is 0 Å². The van der Waals surface area contributed by atoms with Crippen LogP contribution in [0.5, 0.6) is 0 Å². The van der Waals surface area contributed by atoms with Crippen LogP contribution in [0.15, 0.2) is 9.98 Å². The minimum Gasteiger partial charge on any atom is -0.374 e. The largest absolute Gasteiger partial charge is 0.500 e. The van der Waals surface area contributed by atoms with Crippen molar-refractivity contribution in [3.63, 3.8) is 0 Å². The molecule has 34 heavy (non-hydrogen) atoms. The second-order valence-corrected chi connectivity index (χ2v) is 13.0. The Labute approximate surface area is 207 Å². The molecule has 0 aromatic carbocycles. The third kappa shape index (κ3) is 10.1. The van der Waals surface area contributed by atoms with Gasteiger partial charge in [-0.25, -0.2) is 15.8 Å². The quantitative estimate of drug-likeness (QED) is 0.183. The summed E-state index contributed by atoms with van der Waals surface area (Å²) in [6.07, 6.45) is 2.13. The summed E-state index contributed by atoms with van der Waals surface area (Å²) < 4.78 is 35.6. The molecule has 11 nitrogen and oxygen atoms in total. The van der Waals surface area contributed by atoms with Gasteiger partial charge in [0.1, 0.15) is 11.7 Å². The third-order valence-electron chi connectivity index (χ3n) is 5.07. The molecule has 0 amide bonds. The molecular formula is C21H47N5O6Si2. The average Bonchev–Trinajstić information content (AvgIpc) is 2.78. The van der Waals surface area contributed by atoms with Crippen LogP contribution in [-0.2, 0) is 26.6 Å². The maximum absolute atomic E-state index is 6.16. The molecular weight excluding hydrogens is 474 g/mol. The Morgan fingerprint density at radius 1 is 0.706 bits per heavy atom. The minimum absolute atomic E-state index is 0.550. The minimum atomic E-state index is -2.71. The Morgan fingerprint density at radius 2 is 1.09 bits per heavy atom. The molecule has 1 heterocycles. The first-order valence-corrected chi connectivity index (χ1v) is 16.5. The summed E-state index contributed by atoms with van der Waals surface area (Å²) in [6, 6.07) is 1.38. The lowest BCUT2D eigenvalue weighted by Crippen LogP contribution is -2.52. The van der Waals surface area contributed by atoms with E-state index in [1.165, 1.54) is 5.01 Å². The van der Waals surface area contributed by atoms with Crippen molar-refractivity contribution in [2.75, 3.05) is 39.6 Å². The van der Waals surface area contributed by atoms with Gasteiger partial charge in [0.2, 0.25) is 0 Å². The number of hydrogen-bond donors (Lipinski definition) is 2. The molecule has 1 aliphatic rings. The number of nitrogens with two attached hydrogens (primary N) is 2. The van der Waals surface area contributed by atoms with Crippen LogP contribution < -0.4 is 11.6 Å². The second-order valence-electron chi connectivity index (χ2n) is 7.57. The predicted molar refractivity (Wildman–Crippen MR) is 138 cm³/mol. The lowest BCUT2D eigenvalue weighted by atomic mass is 10.2. The number of rotatable bonds is 20. The van der Waals surface area contributed by atoms with Gasteiger partial charge in [-0.1, -0.05) is 0 Å². The highest BCUT2D eigenvalue weighted by Gasteiger charge is 2.41. The summed E-state index contributed by atoms with van der Waals surface area (Å²) >= 11 is 0. The number of amidine groups is 2. The maximum atomic E-state index is 6.16. The van der Waals surface area contributed by atoms with Crippen molar-refractivity contribution in [2.24, 2.45) is 21.6 Å². The van der Waals surface area contributed by atoms with Crippen LogP contribution in [-0.4, -0.2) is 80.2 Å². The Kier molecular flexibility index (Phi) is 15.5. The zero-order valence-corrected chi connectivity index (χ0v) is 24.0. The van der Waals surface area contributed by atoms with Crippen molar-refractivity contribution in [1.29, 1.82) is 0 Å². The first-order valence-electron chi connectivity index (χ1n) is 12.6. The molecule has 1 unspecified atom stereocenters. The van der Waals surface area contributed by atoms with Crippen molar-refractivity contribution in [1.82, 2.24) is 5.01 Å². The first kappa shape index (κ1) is 31.3. The van der Waals surface area contributed by atoms with Crippen LogP contribution in [0.1, 0.15) is 67.2 Å². The van der Waals surface area contributed by atoms with Gasteiger partial charge in [0.25, 0.3) is 0 Å². The molecule has 1 atom stereocenters. The molecule has 0 radical (unpaired) electrons. The third-order valence-corrected chi connectivity index (χ3v) is 11.4. The van der Waals surface area contributed by atoms with Crippen LogP contribution in [0, 0.1) is 0 Å². The van der Waals surface area contributed by atoms with E-state index in [0.717, 1.165) is 12.8 Å². The van der Waals surface area contributed by atoms with Gasteiger partial charge in [0.15, 0.2) is 6.29 Å². The number of hydrazine groups is 1. The molecule has 0 aliphatic carbocycles. The molecule has 13 heteroatoms. The fraction of sp³-hybridized carbons (Fsp3) is 0.905. The van der Waals surface area contributed by atoms with Gasteiger partial charge >= 0.3 is 17.6 Å². The van der Waals surface area contributed by atoms with E-state index < -0.39 is 23.9 Å². The highest BCUT2D eigenvalue weighted by atomic mass is 28.4. The number of aliphatic imine (C=N–C) groups is 2. The highest BCUT2D eigenvalue weighted by molar-refractivity contribution is 6.61. The zero-order valence-electron chi connectivity index (χ0n) is 22.0. The van der Waals surface area contributed by atoms with Crippen molar-refractivity contribution in [3.05, 3.63) is 0 Å². The van der Waals surface area contributed by atoms with Crippen LogP contribution in [0.3, 0.4) is 0 Å². The lowest BCUT2D eigenvalue weighted by molar-refractivity contribution is 0.0701. The molecule has 0 aromatic heterocycles. The van der Waals surface area contributed by atoms with Crippen LogP contribution in [0.4, 0.5) is 0 Å². The SMILES string of the molecule is CCO[Si](CCCC1=NC(N)N(N)C(CCC[Si](OCC)(OCC)OCC)=N1)(OCC)OCC. The lowest BCUT2D eigenvalue weighted by Gasteiger charge is -2.31. The van der Waals surface area contributed by atoms with Crippen molar-refractivity contribution in [3.8, 4) is 0 Å². The zero-order chi connectivity index (χ0) is 25.5. The molecule has 200 valence electrons. The molecule has 0 aromatic rings. The van der Waals surface area contributed by atoms with E-state index in [1.807, 2.05) is 41.5 Å². The first-order chi connectivity index (χ1) is 16.3. The van der Waals surface area contributed by atoms with Crippen molar-refractivity contribution < 1.29 is 26.6 Å². The van der Waals surface area contributed by atoms with E-state index in [4.69, 9.17) is 43.1 Å². The van der Waals surface area contributed by atoms with E-state index >= 15 is 0 Å². The standard InChI is InChI=1S/C21H47N5O6Si2/c1-7-27-33(28-8-2,29-9-3)17-13-15-19-24-20(26(23)21(22)25-19)16-14-18-34(30-10-4,31-11-5)32-12-6/h21H,7-18,22-23H2,1-6H3. The smallest absolute Gasteiger partial charge is 0.374 e. The van der Waals surface area contributed by atoms with Gasteiger partial charge in [0.05, 0.1) is 0 Å². The van der Waals surface area contributed by atoms with E-state index in [2.05, 4.69) is 4.99 Å². The van der Waals surface area contributed by atoms with Gasteiger partial charge in [-0.2, -0.15) is 0 Å². The molecule has 1 aliphatic heterocycles. The summed E-state index contributed by atoms with van der Waals surface area (Å²) in [5, 5.41) is 1.42. The fourth-order valence-electron chi connectivity index (χ4n) is 3.84.